The van der Waals surface area contributed by atoms with Gasteiger partial charge in [-0.1, -0.05) is 29.8 Å². The summed E-state index contributed by atoms with van der Waals surface area (Å²) in [6, 6.07) is 8.20. The summed E-state index contributed by atoms with van der Waals surface area (Å²) < 4.78 is 5.45. The van der Waals surface area contributed by atoms with E-state index < -0.39 is 0 Å². The van der Waals surface area contributed by atoms with E-state index in [0.717, 1.165) is 17.0 Å². The lowest BCUT2D eigenvalue weighted by Crippen LogP contribution is -1.79. The molecule has 0 aliphatic heterocycles. The van der Waals surface area contributed by atoms with Gasteiger partial charge in [0, 0.05) is 21.5 Å². The van der Waals surface area contributed by atoms with Crippen molar-refractivity contribution in [1.82, 2.24) is 4.98 Å². The molecule has 2 rings (SSSR count). The topological polar surface area (TPSA) is 26.0 Å². The number of hydrogen-bond acceptors (Lipinski definition) is 2. The standard InChI is InChI=1S/C11H10BrNO/c1-7-3-5-9(6-4-7)10-8(2)13-11(12)14-10/h3-6H,1-2H3. The molecule has 0 amide bonds. The van der Waals surface area contributed by atoms with Crippen LogP contribution < -0.4 is 0 Å². The number of aromatic nitrogens is 1. The molecule has 0 N–H and O–H groups in total. The number of halogens is 1. The van der Waals surface area contributed by atoms with Gasteiger partial charge in [-0.05, 0) is 13.8 Å². The fourth-order valence-corrected chi connectivity index (χ4v) is 1.76. The fourth-order valence-electron chi connectivity index (χ4n) is 1.34. The van der Waals surface area contributed by atoms with Gasteiger partial charge in [-0.15, -0.1) is 0 Å². The Morgan fingerprint density at radius 2 is 1.79 bits per heavy atom. The largest absolute Gasteiger partial charge is 0.431 e. The van der Waals surface area contributed by atoms with E-state index in [2.05, 4.69) is 40.0 Å². The van der Waals surface area contributed by atoms with Gasteiger partial charge in [-0.2, -0.15) is 0 Å². The molecule has 0 fully saturated rings. The molecule has 0 saturated heterocycles. The van der Waals surface area contributed by atoms with Crippen LogP contribution in [0.2, 0.25) is 0 Å². The predicted octanol–water partition coefficient (Wildman–Crippen LogP) is 3.72. The summed E-state index contributed by atoms with van der Waals surface area (Å²) in [5, 5.41) is 0. The van der Waals surface area contributed by atoms with Crippen LogP contribution in [-0.4, -0.2) is 4.98 Å². The molecule has 0 saturated carbocycles. The lowest BCUT2D eigenvalue weighted by molar-refractivity contribution is 0.542. The van der Waals surface area contributed by atoms with Crippen molar-refractivity contribution < 1.29 is 4.42 Å². The van der Waals surface area contributed by atoms with Gasteiger partial charge < -0.3 is 4.42 Å². The van der Waals surface area contributed by atoms with Gasteiger partial charge in [-0.3, -0.25) is 0 Å². The summed E-state index contributed by atoms with van der Waals surface area (Å²) in [5.74, 6) is 0.830. The maximum atomic E-state index is 5.45. The molecule has 1 heterocycles. The second-order valence-electron chi connectivity index (χ2n) is 3.25. The number of nitrogens with zero attached hydrogens (tertiary/aromatic N) is 1. The van der Waals surface area contributed by atoms with Crippen LogP contribution in [0.5, 0.6) is 0 Å². The molecule has 2 aromatic rings. The highest BCUT2D eigenvalue weighted by molar-refractivity contribution is 9.10. The first-order valence-corrected chi connectivity index (χ1v) is 5.16. The monoisotopic (exact) mass is 251 g/mol. The lowest BCUT2D eigenvalue weighted by Gasteiger charge is -1.97. The molecule has 2 nitrogen and oxygen atoms in total. The minimum Gasteiger partial charge on any atom is -0.431 e. The van der Waals surface area contributed by atoms with Crippen LogP contribution in [0.3, 0.4) is 0 Å². The van der Waals surface area contributed by atoms with Crippen molar-refractivity contribution in [3.05, 3.63) is 40.3 Å². The van der Waals surface area contributed by atoms with Crippen LogP contribution in [0.1, 0.15) is 11.3 Å². The molecule has 0 spiro atoms. The summed E-state index contributed by atoms with van der Waals surface area (Å²) in [6.45, 7) is 4.00. The quantitative estimate of drug-likeness (QED) is 0.773. The van der Waals surface area contributed by atoms with Gasteiger partial charge in [0.1, 0.15) is 0 Å². The van der Waals surface area contributed by atoms with E-state index in [1.165, 1.54) is 5.56 Å². The van der Waals surface area contributed by atoms with Crippen LogP contribution in [0.15, 0.2) is 33.5 Å². The third-order valence-electron chi connectivity index (χ3n) is 2.08. The van der Waals surface area contributed by atoms with Crippen molar-refractivity contribution in [3.63, 3.8) is 0 Å². The molecule has 0 radical (unpaired) electrons. The Labute approximate surface area is 91.1 Å². The summed E-state index contributed by atoms with van der Waals surface area (Å²) in [4.78, 5) is 4.69. The van der Waals surface area contributed by atoms with Crippen molar-refractivity contribution in [3.8, 4) is 11.3 Å². The second-order valence-corrected chi connectivity index (χ2v) is 3.93. The molecule has 1 aromatic heterocycles. The molecular formula is C11H10BrNO. The zero-order valence-corrected chi connectivity index (χ0v) is 9.63. The molecule has 0 bridgehead atoms. The Hall–Kier alpha value is -1.09. The third-order valence-corrected chi connectivity index (χ3v) is 2.42. The Bertz CT molecular complexity index is 445. The SMILES string of the molecule is Cc1ccc(-c2oc(Br)nc2C)cc1. The van der Waals surface area contributed by atoms with E-state index in [1.54, 1.807) is 0 Å². The van der Waals surface area contributed by atoms with Crippen LogP contribution in [-0.2, 0) is 0 Å². The van der Waals surface area contributed by atoms with Crippen molar-refractivity contribution in [2.45, 2.75) is 13.8 Å². The first-order chi connectivity index (χ1) is 6.66. The number of aryl methyl sites for hydroxylation is 2. The molecule has 14 heavy (non-hydrogen) atoms. The van der Waals surface area contributed by atoms with E-state index in [4.69, 9.17) is 4.42 Å². The highest BCUT2D eigenvalue weighted by Gasteiger charge is 2.09. The van der Waals surface area contributed by atoms with Gasteiger partial charge in [-0.25, -0.2) is 4.98 Å². The van der Waals surface area contributed by atoms with E-state index in [9.17, 15) is 0 Å². The number of hydrogen-bond donors (Lipinski definition) is 0. The lowest BCUT2D eigenvalue weighted by atomic mass is 10.1. The van der Waals surface area contributed by atoms with Gasteiger partial charge in [0.05, 0.1) is 5.69 Å². The first kappa shape index (κ1) is 9.46. The molecule has 0 aliphatic rings. The maximum Gasteiger partial charge on any atom is 0.264 e. The summed E-state index contributed by atoms with van der Waals surface area (Å²) in [6.07, 6.45) is 0. The highest BCUT2D eigenvalue weighted by atomic mass is 79.9. The fraction of sp³-hybridized carbons (Fsp3) is 0.182. The summed E-state index contributed by atoms with van der Waals surface area (Å²) >= 11 is 3.22. The Morgan fingerprint density at radius 3 is 2.29 bits per heavy atom. The van der Waals surface area contributed by atoms with Crippen LogP contribution in [0, 0.1) is 13.8 Å². The molecule has 1 aromatic carbocycles. The van der Waals surface area contributed by atoms with Crippen molar-refractivity contribution in [2.75, 3.05) is 0 Å². The molecule has 0 aliphatic carbocycles. The van der Waals surface area contributed by atoms with Gasteiger partial charge in [0.2, 0.25) is 0 Å². The highest BCUT2D eigenvalue weighted by Crippen LogP contribution is 2.26. The summed E-state index contributed by atoms with van der Waals surface area (Å²) in [5.41, 5.74) is 3.21. The zero-order valence-electron chi connectivity index (χ0n) is 8.04. The molecule has 0 atom stereocenters. The van der Waals surface area contributed by atoms with Crippen molar-refractivity contribution >= 4 is 15.9 Å². The number of benzene rings is 1. The molecular weight excluding hydrogens is 242 g/mol. The minimum atomic E-state index is 0.533. The van der Waals surface area contributed by atoms with Crippen LogP contribution in [0.25, 0.3) is 11.3 Å². The van der Waals surface area contributed by atoms with Gasteiger partial charge in [0.15, 0.2) is 5.76 Å². The van der Waals surface area contributed by atoms with E-state index in [0.29, 0.717) is 4.80 Å². The molecule has 3 heteroatoms. The first-order valence-electron chi connectivity index (χ1n) is 4.37. The normalized spacial score (nSPS) is 10.5. The van der Waals surface area contributed by atoms with Gasteiger partial charge in [0.25, 0.3) is 4.80 Å². The van der Waals surface area contributed by atoms with E-state index in [-0.39, 0.29) is 0 Å². The van der Waals surface area contributed by atoms with Crippen LogP contribution >= 0.6 is 15.9 Å². The second kappa shape index (κ2) is 3.58. The maximum absolute atomic E-state index is 5.45. The number of oxazole rings is 1. The van der Waals surface area contributed by atoms with E-state index >= 15 is 0 Å². The Kier molecular flexibility index (Phi) is 2.42. The smallest absolute Gasteiger partial charge is 0.264 e. The van der Waals surface area contributed by atoms with E-state index in [1.807, 2.05) is 19.1 Å². The minimum absolute atomic E-state index is 0.533. The average molecular weight is 252 g/mol. The van der Waals surface area contributed by atoms with Crippen molar-refractivity contribution in [1.29, 1.82) is 0 Å². The van der Waals surface area contributed by atoms with Gasteiger partial charge >= 0.3 is 0 Å². The zero-order chi connectivity index (χ0) is 10.1. The molecule has 72 valence electrons. The third kappa shape index (κ3) is 1.73. The number of rotatable bonds is 1. The molecule has 0 unspecified atom stereocenters. The van der Waals surface area contributed by atoms with Crippen LogP contribution in [0.4, 0.5) is 0 Å². The average Bonchev–Trinajstić information content (AvgIpc) is 2.47. The predicted molar refractivity (Wildman–Crippen MR) is 59.1 cm³/mol. The summed E-state index contributed by atoms with van der Waals surface area (Å²) in [7, 11) is 0. The Morgan fingerprint density at radius 1 is 1.14 bits per heavy atom. The van der Waals surface area contributed by atoms with Crippen molar-refractivity contribution in [2.24, 2.45) is 0 Å². The Balaban J connectivity index is 2.49.